The first-order chi connectivity index (χ1) is 9.51. The van der Waals surface area contributed by atoms with Gasteiger partial charge in [0, 0.05) is 5.69 Å². The van der Waals surface area contributed by atoms with E-state index in [1.807, 2.05) is 38.1 Å². The quantitative estimate of drug-likeness (QED) is 0.860. The number of anilines is 1. The Hall–Kier alpha value is -2.21. The predicted octanol–water partition coefficient (Wildman–Crippen LogP) is 1.26. The van der Waals surface area contributed by atoms with Gasteiger partial charge in [-0.25, -0.2) is 9.67 Å². The van der Waals surface area contributed by atoms with E-state index in [4.69, 9.17) is 0 Å². The lowest BCUT2D eigenvalue weighted by atomic mass is 10.0. The van der Waals surface area contributed by atoms with Gasteiger partial charge in [0.15, 0.2) is 0 Å². The maximum Gasteiger partial charge on any atom is 0.244 e. The maximum absolute atomic E-state index is 12.0. The molecule has 1 heterocycles. The van der Waals surface area contributed by atoms with Gasteiger partial charge >= 0.3 is 0 Å². The summed E-state index contributed by atoms with van der Waals surface area (Å²) in [7, 11) is 1.76. The predicted molar refractivity (Wildman–Crippen MR) is 77.3 cm³/mol. The zero-order valence-corrected chi connectivity index (χ0v) is 11.9. The molecule has 0 atom stereocenters. The fourth-order valence-electron chi connectivity index (χ4n) is 1.60. The molecule has 0 saturated carbocycles. The third kappa shape index (κ3) is 3.42. The van der Waals surface area contributed by atoms with Crippen molar-refractivity contribution in [3.05, 3.63) is 42.5 Å². The van der Waals surface area contributed by atoms with Crippen molar-refractivity contribution in [2.24, 2.45) is 0 Å². The van der Waals surface area contributed by atoms with Crippen LogP contribution in [0.4, 0.5) is 5.69 Å². The van der Waals surface area contributed by atoms with Gasteiger partial charge in [0.05, 0.1) is 12.1 Å². The average molecular weight is 273 g/mol. The molecule has 6 nitrogen and oxygen atoms in total. The third-order valence-corrected chi connectivity index (χ3v) is 3.22. The van der Waals surface area contributed by atoms with Crippen LogP contribution in [0.1, 0.15) is 19.4 Å². The van der Waals surface area contributed by atoms with E-state index in [1.165, 1.54) is 6.33 Å². The summed E-state index contributed by atoms with van der Waals surface area (Å²) in [5.41, 5.74) is 1.28. The molecule has 0 spiro atoms. The second-order valence-electron chi connectivity index (χ2n) is 5.12. The molecule has 2 N–H and O–H groups in total. The monoisotopic (exact) mass is 273 g/mol. The summed E-state index contributed by atoms with van der Waals surface area (Å²) < 4.78 is 1.75. The Balaban J connectivity index is 2.00. The number of amides is 1. The molecule has 1 aromatic carbocycles. The van der Waals surface area contributed by atoms with Crippen LogP contribution in [-0.4, -0.2) is 33.3 Å². The molecule has 0 unspecified atom stereocenters. The van der Waals surface area contributed by atoms with Crippen molar-refractivity contribution in [3.8, 4) is 0 Å². The molecule has 20 heavy (non-hydrogen) atoms. The van der Waals surface area contributed by atoms with Gasteiger partial charge < -0.3 is 10.6 Å². The smallest absolute Gasteiger partial charge is 0.244 e. The van der Waals surface area contributed by atoms with Crippen molar-refractivity contribution in [2.75, 3.05) is 12.4 Å². The minimum absolute atomic E-state index is 0.0657. The van der Waals surface area contributed by atoms with Gasteiger partial charge in [0.2, 0.25) is 5.91 Å². The van der Waals surface area contributed by atoms with Crippen LogP contribution in [0.3, 0.4) is 0 Å². The summed E-state index contributed by atoms with van der Waals surface area (Å²) in [6.07, 6.45) is 3.18. The molecule has 1 aromatic heterocycles. The highest BCUT2D eigenvalue weighted by atomic mass is 16.2. The minimum atomic E-state index is -0.598. The first kappa shape index (κ1) is 14.2. The summed E-state index contributed by atoms with van der Waals surface area (Å²) in [6, 6.07) is 7.69. The van der Waals surface area contributed by atoms with Crippen LogP contribution >= 0.6 is 0 Å². The molecule has 0 radical (unpaired) electrons. The zero-order chi connectivity index (χ0) is 14.6. The Morgan fingerprint density at radius 3 is 2.55 bits per heavy atom. The highest BCUT2D eigenvalue weighted by Crippen LogP contribution is 2.13. The normalized spacial score (nSPS) is 11.3. The number of nitrogens with zero attached hydrogens (tertiary/aromatic N) is 3. The highest BCUT2D eigenvalue weighted by Gasteiger charge is 2.24. The van der Waals surface area contributed by atoms with Gasteiger partial charge in [0.25, 0.3) is 0 Å². The fraction of sp³-hybridized carbons (Fsp3) is 0.357. The van der Waals surface area contributed by atoms with E-state index in [2.05, 4.69) is 20.7 Å². The first-order valence-corrected chi connectivity index (χ1v) is 6.43. The number of benzene rings is 1. The summed E-state index contributed by atoms with van der Waals surface area (Å²) >= 11 is 0. The van der Waals surface area contributed by atoms with Gasteiger partial charge in [-0.2, -0.15) is 5.10 Å². The SMILES string of the molecule is CNC(C)(C)C(=O)Nc1ccc(Cn2cncn2)cc1. The van der Waals surface area contributed by atoms with E-state index in [0.717, 1.165) is 11.3 Å². The molecule has 0 fully saturated rings. The van der Waals surface area contributed by atoms with Crippen LogP contribution in [0, 0.1) is 0 Å². The van der Waals surface area contributed by atoms with E-state index in [9.17, 15) is 4.79 Å². The van der Waals surface area contributed by atoms with Crippen molar-refractivity contribution in [1.82, 2.24) is 20.1 Å². The molecular weight excluding hydrogens is 254 g/mol. The maximum atomic E-state index is 12.0. The zero-order valence-electron chi connectivity index (χ0n) is 11.9. The molecule has 2 aromatic rings. The average Bonchev–Trinajstić information content (AvgIpc) is 2.94. The summed E-state index contributed by atoms with van der Waals surface area (Å²) in [5, 5.41) is 9.91. The van der Waals surface area contributed by atoms with Gasteiger partial charge in [0.1, 0.15) is 12.7 Å². The van der Waals surface area contributed by atoms with Crippen molar-refractivity contribution in [2.45, 2.75) is 25.9 Å². The van der Waals surface area contributed by atoms with E-state index in [0.29, 0.717) is 6.54 Å². The van der Waals surface area contributed by atoms with Crippen LogP contribution < -0.4 is 10.6 Å². The van der Waals surface area contributed by atoms with Crippen molar-refractivity contribution < 1.29 is 4.79 Å². The van der Waals surface area contributed by atoms with E-state index >= 15 is 0 Å². The minimum Gasteiger partial charge on any atom is -0.325 e. The molecule has 0 saturated heterocycles. The summed E-state index contributed by atoms with van der Waals surface area (Å²) in [6.45, 7) is 4.33. The lowest BCUT2D eigenvalue weighted by Gasteiger charge is -2.22. The number of nitrogens with one attached hydrogen (secondary N) is 2. The second-order valence-corrected chi connectivity index (χ2v) is 5.12. The van der Waals surface area contributed by atoms with Gasteiger partial charge in [-0.15, -0.1) is 0 Å². The molecule has 1 amide bonds. The molecule has 106 valence electrons. The Bertz CT molecular complexity index is 560. The largest absolute Gasteiger partial charge is 0.325 e. The fourth-order valence-corrected chi connectivity index (χ4v) is 1.60. The van der Waals surface area contributed by atoms with Gasteiger partial charge in [-0.05, 0) is 38.6 Å². The van der Waals surface area contributed by atoms with Crippen LogP contribution in [0.5, 0.6) is 0 Å². The molecule has 0 bridgehead atoms. The number of rotatable bonds is 5. The van der Waals surface area contributed by atoms with Crippen molar-refractivity contribution in [3.63, 3.8) is 0 Å². The Morgan fingerprint density at radius 1 is 1.30 bits per heavy atom. The highest BCUT2D eigenvalue weighted by molar-refractivity contribution is 5.97. The number of likely N-dealkylation sites (N-methyl/N-ethyl adjacent to an activating group) is 1. The lowest BCUT2D eigenvalue weighted by Crippen LogP contribution is -2.47. The summed E-state index contributed by atoms with van der Waals surface area (Å²) in [4.78, 5) is 15.9. The third-order valence-electron chi connectivity index (χ3n) is 3.22. The second kappa shape index (κ2) is 5.83. The molecule has 0 aliphatic heterocycles. The number of aromatic nitrogens is 3. The first-order valence-electron chi connectivity index (χ1n) is 6.43. The molecular formula is C14H19N5O. The number of hydrogen-bond acceptors (Lipinski definition) is 4. The van der Waals surface area contributed by atoms with Crippen LogP contribution in [-0.2, 0) is 11.3 Å². The molecule has 2 rings (SSSR count). The Morgan fingerprint density at radius 2 is 2.00 bits per heavy atom. The number of carbonyl (C=O) groups is 1. The van der Waals surface area contributed by atoms with Crippen LogP contribution in [0.2, 0.25) is 0 Å². The van der Waals surface area contributed by atoms with Crippen molar-refractivity contribution >= 4 is 11.6 Å². The van der Waals surface area contributed by atoms with E-state index in [1.54, 1.807) is 18.1 Å². The van der Waals surface area contributed by atoms with Crippen LogP contribution in [0.25, 0.3) is 0 Å². The Kier molecular flexibility index (Phi) is 4.14. The number of hydrogen-bond donors (Lipinski definition) is 2. The molecule has 6 heteroatoms. The standard InChI is InChI=1S/C14H19N5O/c1-14(2,15-3)13(20)18-12-6-4-11(5-7-12)8-19-10-16-9-17-19/h4-7,9-10,15H,8H2,1-3H3,(H,18,20). The van der Waals surface area contributed by atoms with Gasteiger partial charge in [-0.1, -0.05) is 12.1 Å². The van der Waals surface area contributed by atoms with E-state index < -0.39 is 5.54 Å². The van der Waals surface area contributed by atoms with E-state index in [-0.39, 0.29) is 5.91 Å². The molecule has 0 aliphatic rings. The number of carbonyl (C=O) groups excluding carboxylic acids is 1. The Labute approximate surface area is 118 Å². The topological polar surface area (TPSA) is 71.8 Å². The van der Waals surface area contributed by atoms with Gasteiger partial charge in [-0.3, -0.25) is 4.79 Å². The molecule has 0 aliphatic carbocycles. The summed E-state index contributed by atoms with van der Waals surface area (Å²) in [5.74, 6) is -0.0657. The van der Waals surface area contributed by atoms with Crippen molar-refractivity contribution in [1.29, 1.82) is 0 Å². The lowest BCUT2D eigenvalue weighted by molar-refractivity contribution is -0.121. The van der Waals surface area contributed by atoms with Crippen LogP contribution in [0.15, 0.2) is 36.9 Å².